The first-order chi connectivity index (χ1) is 16.2. The second kappa shape index (κ2) is 11.5. The van der Waals surface area contributed by atoms with E-state index in [0.717, 1.165) is 35.8 Å². The van der Waals surface area contributed by atoms with Gasteiger partial charge in [-0.1, -0.05) is 39.8 Å². The van der Waals surface area contributed by atoms with E-state index < -0.39 is 0 Å². The Kier molecular flexibility index (Phi) is 8.72. The molecule has 6 heteroatoms. The van der Waals surface area contributed by atoms with Crippen molar-refractivity contribution in [1.82, 2.24) is 9.91 Å². The van der Waals surface area contributed by atoms with Crippen molar-refractivity contribution in [1.29, 1.82) is 0 Å². The number of carbonyl (C=O) groups is 1. The molecule has 6 nitrogen and oxygen atoms in total. The number of nitrogens with zero attached hydrogens (tertiary/aromatic N) is 3. The number of rotatable bonds is 9. The highest BCUT2D eigenvalue weighted by atomic mass is 16.5. The number of ether oxygens (including phenoxy) is 1. The maximum atomic E-state index is 13.1. The lowest BCUT2D eigenvalue weighted by atomic mass is 9.90. The van der Waals surface area contributed by atoms with Gasteiger partial charge in [-0.15, -0.1) is 0 Å². The highest BCUT2D eigenvalue weighted by molar-refractivity contribution is 6.05. The Hall–Kier alpha value is -2.86. The third-order valence-electron chi connectivity index (χ3n) is 6.50. The molecule has 2 aromatic rings. The Morgan fingerprint density at radius 2 is 1.65 bits per heavy atom. The largest absolute Gasteiger partial charge is 0.491 e. The van der Waals surface area contributed by atoms with Crippen molar-refractivity contribution in [3.05, 3.63) is 59.7 Å². The van der Waals surface area contributed by atoms with Crippen LogP contribution in [0.2, 0.25) is 0 Å². The molecule has 2 amide bonds. The fourth-order valence-corrected chi connectivity index (χ4v) is 4.47. The lowest BCUT2D eigenvalue weighted by Gasteiger charge is -2.31. The van der Waals surface area contributed by atoms with E-state index in [-0.39, 0.29) is 24.1 Å². The van der Waals surface area contributed by atoms with Crippen LogP contribution in [0.3, 0.4) is 0 Å². The quantitative estimate of drug-likeness (QED) is 0.481. The summed E-state index contributed by atoms with van der Waals surface area (Å²) in [4.78, 5) is 15.6. The molecule has 0 fully saturated rings. The van der Waals surface area contributed by atoms with Gasteiger partial charge >= 0.3 is 6.03 Å². The van der Waals surface area contributed by atoms with Crippen LogP contribution in [0.5, 0.6) is 5.75 Å². The number of nitrogens with one attached hydrogen (secondary N) is 1. The van der Waals surface area contributed by atoms with Crippen LogP contribution < -0.4 is 10.1 Å². The monoisotopic (exact) mass is 464 g/mol. The molecule has 2 aromatic carbocycles. The highest BCUT2D eigenvalue weighted by Gasteiger charge is 2.36. The molecule has 3 rings (SSSR count). The van der Waals surface area contributed by atoms with Gasteiger partial charge in [0.15, 0.2) is 0 Å². The van der Waals surface area contributed by atoms with E-state index in [2.05, 4.69) is 57.0 Å². The topological polar surface area (TPSA) is 57.2 Å². The molecule has 0 saturated carbocycles. The van der Waals surface area contributed by atoms with Gasteiger partial charge < -0.3 is 15.0 Å². The Labute approximate surface area is 205 Å². The van der Waals surface area contributed by atoms with E-state index in [0.29, 0.717) is 12.5 Å². The molecule has 0 radical (unpaired) electrons. The van der Waals surface area contributed by atoms with Crippen molar-refractivity contribution in [2.24, 2.45) is 11.0 Å². The second-order valence-corrected chi connectivity index (χ2v) is 9.53. The molecule has 0 spiro atoms. The van der Waals surface area contributed by atoms with Crippen molar-refractivity contribution >= 4 is 17.4 Å². The third-order valence-corrected chi connectivity index (χ3v) is 6.50. The fourth-order valence-electron chi connectivity index (χ4n) is 4.47. The zero-order valence-corrected chi connectivity index (χ0v) is 21.7. The summed E-state index contributed by atoms with van der Waals surface area (Å²) >= 11 is 0. The number of carbonyl (C=O) groups excluding carboxylic acids is 1. The molecule has 0 bridgehead atoms. The van der Waals surface area contributed by atoms with Gasteiger partial charge in [-0.05, 0) is 87.3 Å². The summed E-state index contributed by atoms with van der Waals surface area (Å²) in [5.41, 5.74) is 4.00. The molecule has 2 atom stereocenters. The molecule has 184 valence electrons. The van der Waals surface area contributed by atoms with Crippen molar-refractivity contribution in [2.75, 3.05) is 25.0 Å². The first kappa shape index (κ1) is 25.8. The Morgan fingerprint density at radius 1 is 1.03 bits per heavy atom. The number of hydrazone groups is 1. The van der Waals surface area contributed by atoms with E-state index in [9.17, 15) is 4.79 Å². The predicted octanol–water partition coefficient (Wildman–Crippen LogP) is 6.20. The van der Waals surface area contributed by atoms with Gasteiger partial charge in [-0.3, -0.25) is 0 Å². The first-order valence-electron chi connectivity index (χ1n) is 12.5. The zero-order chi connectivity index (χ0) is 24.8. The van der Waals surface area contributed by atoms with Gasteiger partial charge in [0.1, 0.15) is 5.75 Å². The second-order valence-electron chi connectivity index (χ2n) is 9.53. The van der Waals surface area contributed by atoms with Crippen molar-refractivity contribution in [3.8, 4) is 5.75 Å². The van der Waals surface area contributed by atoms with E-state index in [1.54, 1.807) is 5.01 Å². The summed E-state index contributed by atoms with van der Waals surface area (Å²) in [6, 6.07) is 16.1. The third kappa shape index (κ3) is 6.17. The van der Waals surface area contributed by atoms with Crippen LogP contribution in [0.25, 0.3) is 0 Å². The van der Waals surface area contributed by atoms with Crippen LogP contribution in [0.15, 0.2) is 53.6 Å². The smallest absolute Gasteiger partial charge is 0.342 e. The van der Waals surface area contributed by atoms with Gasteiger partial charge in [0.05, 0.1) is 18.4 Å². The average molecular weight is 465 g/mol. The Bertz CT molecular complexity index is 963. The van der Waals surface area contributed by atoms with E-state index in [1.165, 1.54) is 5.56 Å². The summed E-state index contributed by atoms with van der Waals surface area (Å²) in [7, 11) is 0. The Balaban J connectivity index is 1.83. The zero-order valence-electron chi connectivity index (χ0n) is 21.7. The first-order valence-corrected chi connectivity index (χ1v) is 12.5. The number of hydrogen-bond acceptors (Lipinski definition) is 4. The van der Waals surface area contributed by atoms with E-state index in [1.807, 2.05) is 50.2 Å². The minimum absolute atomic E-state index is 0.117. The highest BCUT2D eigenvalue weighted by Crippen LogP contribution is 2.27. The normalized spacial score (nSPS) is 16.8. The van der Waals surface area contributed by atoms with Gasteiger partial charge in [-0.2, -0.15) is 5.10 Å². The molecule has 1 unspecified atom stereocenters. The number of hydrogen-bond donors (Lipinski definition) is 1. The molecule has 0 aromatic heterocycles. The lowest BCUT2D eigenvalue weighted by molar-refractivity contribution is 0.178. The number of amides is 2. The van der Waals surface area contributed by atoms with Gasteiger partial charge in [-0.25, -0.2) is 9.80 Å². The summed E-state index contributed by atoms with van der Waals surface area (Å²) < 4.78 is 5.81. The molecule has 34 heavy (non-hydrogen) atoms. The van der Waals surface area contributed by atoms with Crippen molar-refractivity contribution < 1.29 is 9.53 Å². The number of benzene rings is 2. The number of urea groups is 1. The molecule has 1 heterocycles. The maximum Gasteiger partial charge on any atom is 0.342 e. The van der Waals surface area contributed by atoms with Crippen LogP contribution in [-0.2, 0) is 0 Å². The van der Waals surface area contributed by atoms with Crippen LogP contribution in [0.1, 0.15) is 65.5 Å². The molecule has 1 aliphatic rings. The van der Waals surface area contributed by atoms with Crippen LogP contribution in [0.4, 0.5) is 10.5 Å². The SMILES string of the molecule is CCN(CC)C(C)[C@H]1CN(C(=O)Nc2ccc(C(C)C)cc2)N=C1c1ccc(OC(C)C)cc1. The minimum Gasteiger partial charge on any atom is -0.491 e. The summed E-state index contributed by atoms with van der Waals surface area (Å²) in [5, 5.41) is 9.41. The van der Waals surface area contributed by atoms with E-state index in [4.69, 9.17) is 9.84 Å². The predicted molar refractivity (Wildman–Crippen MR) is 141 cm³/mol. The molecule has 0 aliphatic carbocycles. The van der Waals surface area contributed by atoms with Gasteiger partial charge in [0, 0.05) is 17.6 Å². The molecular weight excluding hydrogens is 424 g/mol. The summed E-state index contributed by atoms with van der Waals surface area (Å²) in [5.74, 6) is 1.41. The maximum absolute atomic E-state index is 13.1. The van der Waals surface area contributed by atoms with Crippen molar-refractivity contribution in [2.45, 2.75) is 66.5 Å². The minimum atomic E-state index is -0.205. The van der Waals surface area contributed by atoms with Gasteiger partial charge in [0.2, 0.25) is 0 Å². The summed E-state index contributed by atoms with van der Waals surface area (Å²) in [6.45, 7) is 17.4. The molecule has 0 saturated heterocycles. The Morgan fingerprint density at radius 3 is 2.18 bits per heavy atom. The van der Waals surface area contributed by atoms with Crippen LogP contribution in [0, 0.1) is 5.92 Å². The fraction of sp³-hybridized carbons (Fsp3) is 0.500. The molecule has 1 N–H and O–H groups in total. The number of anilines is 1. The van der Waals surface area contributed by atoms with Crippen LogP contribution >= 0.6 is 0 Å². The standard InChI is InChI=1S/C28H40N4O2/c1-8-31(9-2)21(7)26-18-32(28(33)29-24-14-10-22(11-15-24)19(3)4)30-27(26)23-12-16-25(17-13-23)34-20(5)6/h10-17,19-21,26H,8-9,18H2,1-7H3,(H,29,33)/t21?,26-/m1/s1. The average Bonchev–Trinajstić information content (AvgIpc) is 3.26. The lowest BCUT2D eigenvalue weighted by Crippen LogP contribution is -2.43. The van der Waals surface area contributed by atoms with Crippen LogP contribution in [-0.4, -0.2) is 53.4 Å². The van der Waals surface area contributed by atoms with Crippen molar-refractivity contribution in [3.63, 3.8) is 0 Å². The summed E-state index contributed by atoms with van der Waals surface area (Å²) in [6.07, 6.45) is 0.124. The van der Waals surface area contributed by atoms with Gasteiger partial charge in [0.25, 0.3) is 0 Å². The molecule has 1 aliphatic heterocycles. The molecular formula is C28H40N4O2. The van der Waals surface area contributed by atoms with E-state index >= 15 is 0 Å².